The van der Waals surface area contributed by atoms with Crippen LogP contribution in [0.2, 0.25) is 5.02 Å². The first-order valence-corrected chi connectivity index (χ1v) is 8.30. The van der Waals surface area contributed by atoms with Gasteiger partial charge in [-0.05, 0) is 39.3 Å². The highest BCUT2D eigenvalue weighted by molar-refractivity contribution is 6.36. The second-order valence-electron chi connectivity index (χ2n) is 5.52. The Balaban J connectivity index is 3.03. The molecule has 0 saturated carbocycles. The number of hydrogen-bond donors (Lipinski definition) is 1. The van der Waals surface area contributed by atoms with Crippen molar-refractivity contribution in [3.8, 4) is 0 Å². The molecular weight excluding hydrogens is 346 g/mol. The molecule has 1 aromatic carbocycles. The van der Waals surface area contributed by atoms with E-state index in [4.69, 9.17) is 21.1 Å². The molecule has 0 aliphatic rings. The lowest BCUT2D eigenvalue weighted by molar-refractivity contribution is -0.140. The number of esters is 2. The van der Waals surface area contributed by atoms with Gasteiger partial charge in [0.15, 0.2) is 5.78 Å². The maximum Gasteiger partial charge on any atom is 0.343 e. The highest BCUT2D eigenvalue weighted by atomic mass is 35.5. The Bertz CT molecular complexity index is 682. The van der Waals surface area contributed by atoms with Gasteiger partial charge in [-0.3, -0.25) is 4.79 Å². The molecule has 7 heteroatoms. The van der Waals surface area contributed by atoms with Crippen LogP contribution in [-0.4, -0.2) is 30.4 Å². The van der Waals surface area contributed by atoms with Crippen LogP contribution < -0.4 is 5.32 Å². The third-order valence-electron chi connectivity index (χ3n) is 2.97. The molecule has 0 unspecified atom stereocenters. The van der Waals surface area contributed by atoms with Gasteiger partial charge in [0.2, 0.25) is 0 Å². The van der Waals surface area contributed by atoms with Crippen molar-refractivity contribution in [1.82, 2.24) is 0 Å². The van der Waals surface area contributed by atoms with Crippen molar-refractivity contribution in [1.29, 1.82) is 0 Å². The maximum absolute atomic E-state index is 12.0. The molecule has 0 saturated heterocycles. The lowest BCUT2D eigenvalue weighted by Gasteiger charge is -2.12. The summed E-state index contributed by atoms with van der Waals surface area (Å²) in [5, 5.41) is 2.91. The van der Waals surface area contributed by atoms with Crippen LogP contribution in [0.1, 0.15) is 44.5 Å². The molecule has 0 radical (unpaired) electrons. The van der Waals surface area contributed by atoms with E-state index >= 15 is 0 Å². The number of ether oxygens (including phenoxy) is 2. The number of benzene rings is 1. The molecule has 0 amide bonds. The van der Waals surface area contributed by atoms with Gasteiger partial charge < -0.3 is 14.8 Å². The van der Waals surface area contributed by atoms with E-state index in [-0.39, 0.29) is 28.9 Å². The minimum atomic E-state index is -0.714. The third kappa shape index (κ3) is 6.23. The summed E-state index contributed by atoms with van der Waals surface area (Å²) in [6.07, 6.45) is 1.59. The van der Waals surface area contributed by atoms with Gasteiger partial charge in [0.05, 0.1) is 29.0 Å². The van der Waals surface area contributed by atoms with Crippen molar-refractivity contribution >= 4 is 35.0 Å². The minimum Gasteiger partial charge on any atom is -0.462 e. The molecule has 0 aliphatic heterocycles. The van der Waals surface area contributed by atoms with Gasteiger partial charge in [0.1, 0.15) is 5.57 Å². The van der Waals surface area contributed by atoms with Gasteiger partial charge in [0.25, 0.3) is 0 Å². The van der Waals surface area contributed by atoms with Gasteiger partial charge in [-0.2, -0.15) is 0 Å². The van der Waals surface area contributed by atoms with Gasteiger partial charge in [-0.25, -0.2) is 9.59 Å². The molecule has 1 rings (SSSR count). The summed E-state index contributed by atoms with van der Waals surface area (Å²) in [7, 11) is 0. The second kappa shape index (κ2) is 9.84. The van der Waals surface area contributed by atoms with E-state index in [1.165, 1.54) is 19.2 Å². The number of ketones is 1. The Morgan fingerprint density at radius 2 is 1.96 bits per heavy atom. The van der Waals surface area contributed by atoms with Crippen LogP contribution in [0, 0.1) is 0 Å². The van der Waals surface area contributed by atoms with Crippen LogP contribution in [0.15, 0.2) is 30.0 Å². The van der Waals surface area contributed by atoms with Gasteiger partial charge >= 0.3 is 11.9 Å². The summed E-state index contributed by atoms with van der Waals surface area (Å²) in [6, 6.07) is 4.76. The van der Waals surface area contributed by atoms with Crippen LogP contribution >= 0.6 is 11.6 Å². The molecule has 0 aliphatic carbocycles. The number of carbonyl (C=O) groups is 3. The van der Waals surface area contributed by atoms with Crippen molar-refractivity contribution in [3.05, 3.63) is 40.6 Å². The van der Waals surface area contributed by atoms with Crippen molar-refractivity contribution in [2.24, 2.45) is 0 Å². The summed E-state index contributed by atoms with van der Waals surface area (Å²) in [4.78, 5) is 35.5. The first-order chi connectivity index (χ1) is 11.8. The summed E-state index contributed by atoms with van der Waals surface area (Å²) in [5.74, 6) is -1.71. The highest BCUT2D eigenvalue weighted by Gasteiger charge is 2.18. The first kappa shape index (κ1) is 20.7. The third-order valence-corrected chi connectivity index (χ3v) is 3.38. The Morgan fingerprint density at radius 1 is 1.28 bits per heavy atom. The van der Waals surface area contributed by atoms with Crippen LogP contribution in [-0.2, 0) is 19.1 Å². The number of halogens is 1. The number of Topliss-reactive ketones (excluding diaryl/α,β-unsaturated/α-hetero) is 1. The molecule has 0 heterocycles. The van der Waals surface area contributed by atoms with Crippen molar-refractivity contribution in [2.45, 2.75) is 40.2 Å². The Hall–Kier alpha value is -2.34. The lowest BCUT2D eigenvalue weighted by atomic mass is 10.2. The summed E-state index contributed by atoms with van der Waals surface area (Å²) >= 11 is 6.22. The lowest BCUT2D eigenvalue weighted by Crippen LogP contribution is -2.16. The fourth-order valence-corrected chi connectivity index (χ4v) is 2.06. The average Bonchev–Trinajstić information content (AvgIpc) is 2.53. The van der Waals surface area contributed by atoms with E-state index in [0.717, 1.165) is 0 Å². The molecule has 0 bridgehead atoms. The van der Waals surface area contributed by atoms with Crippen LogP contribution in [0.25, 0.3) is 0 Å². The van der Waals surface area contributed by atoms with E-state index < -0.39 is 17.7 Å². The van der Waals surface area contributed by atoms with Crippen molar-refractivity contribution in [2.75, 3.05) is 11.9 Å². The van der Waals surface area contributed by atoms with Crippen molar-refractivity contribution in [3.63, 3.8) is 0 Å². The Morgan fingerprint density at radius 3 is 2.52 bits per heavy atom. The normalized spacial score (nSPS) is 11.2. The monoisotopic (exact) mass is 367 g/mol. The number of rotatable bonds is 8. The molecule has 1 N–H and O–H groups in total. The molecule has 1 aromatic rings. The maximum atomic E-state index is 12.0. The smallest absolute Gasteiger partial charge is 0.343 e. The molecule has 0 spiro atoms. The molecule has 0 aromatic heterocycles. The van der Waals surface area contributed by atoms with Gasteiger partial charge in [-0.1, -0.05) is 24.6 Å². The van der Waals surface area contributed by atoms with E-state index in [1.807, 2.05) is 6.92 Å². The first-order valence-electron chi connectivity index (χ1n) is 7.92. The molecule has 0 atom stereocenters. The zero-order chi connectivity index (χ0) is 19.0. The average molecular weight is 368 g/mol. The van der Waals surface area contributed by atoms with Gasteiger partial charge in [0, 0.05) is 6.20 Å². The zero-order valence-electron chi connectivity index (χ0n) is 14.7. The Kier molecular flexibility index (Phi) is 8.15. The summed E-state index contributed by atoms with van der Waals surface area (Å²) in [6.45, 7) is 6.80. The summed E-state index contributed by atoms with van der Waals surface area (Å²) in [5.41, 5.74) is 0.410. The second-order valence-corrected chi connectivity index (χ2v) is 5.89. The fourth-order valence-electron chi connectivity index (χ4n) is 1.81. The predicted octanol–water partition coefficient (Wildman–Crippen LogP) is 3.74. The largest absolute Gasteiger partial charge is 0.462 e. The molecule has 6 nitrogen and oxygen atoms in total. The SMILES string of the molecule is CCCOC(=O)C(=CNc1cccc(C(=O)OC(C)C)c1Cl)C(C)=O. The minimum absolute atomic E-state index is 0.134. The van der Waals surface area contributed by atoms with Crippen LogP contribution in [0.4, 0.5) is 5.69 Å². The van der Waals surface area contributed by atoms with E-state index in [0.29, 0.717) is 12.1 Å². The van der Waals surface area contributed by atoms with Crippen LogP contribution in [0.3, 0.4) is 0 Å². The number of anilines is 1. The molecule has 0 fully saturated rings. The molecular formula is C18H22ClNO5. The number of carbonyl (C=O) groups excluding carboxylic acids is 3. The zero-order valence-corrected chi connectivity index (χ0v) is 15.5. The fraction of sp³-hybridized carbons (Fsp3) is 0.389. The van der Waals surface area contributed by atoms with Gasteiger partial charge in [-0.15, -0.1) is 0 Å². The quantitative estimate of drug-likeness (QED) is 0.326. The standard InChI is InChI=1S/C18H22ClNO5/c1-5-9-24-17(22)14(12(4)21)10-20-15-8-6-7-13(16(15)19)18(23)25-11(2)3/h6-8,10-11,20H,5,9H2,1-4H3. The predicted molar refractivity (Wildman–Crippen MR) is 95.6 cm³/mol. The van der Waals surface area contributed by atoms with Crippen molar-refractivity contribution < 1.29 is 23.9 Å². The highest BCUT2D eigenvalue weighted by Crippen LogP contribution is 2.27. The molecule has 25 heavy (non-hydrogen) atoms. The van der Waals surface area contributed by atoms with E-state index in [2.05, 4.69) is 5.32 Å². The Labute approximate surface area is 152 Å². The number of nitrogens with one attached hydrogen (secondary N) is 1. The summed E-state index contributed by atoms with van der Waals surface area (Å²) < 4.78 is 10.1. The van der Waals surface area contributed by atoms with Crippen LogP contribution in [0.5, 0.6) is 0 Å². The number of hydrogen-bond acceptors (Lipinski definition) is 6. The topological polar surface area (TPSA) is 81.7 Å². The van der Waals surface area contributed by atoms with E-state index in [1.54, 1.807) is 26.0 Å². The molecule has 136 valence electrons. The van der Waals surface area contributed by atoms with E-state index in [9.17, 15) is 14.4 Å².